The number of nitro benzene ring substituents is 1. The van der Waals surface area contributed by atoms with E-state index < -0.39 is 22.8 Å². The number of benzene rings is 1. The van der Waals surface area contributed by atoms with E-state index in [2.05, 4.69) is 20.7 Å². The van der Waals surface area contributed by atoms with Crippen LogP contribution in [0.1, 0.15) is 24.2 Å². The number of halogens is 1. The van der Waals surface area contributed by atoms with Crippen molar-refractivity contribution in [1.82, 2.24) is 19.9 Å². The number of rotatable bonds is 6. The number of carbonyl (C=O) groups is 2. The predicted octanol–water partition coefficient (Wildman–Crippen LogP) is 2.68. The summed E-state index contributed by atoms with van der Waals surface area (Å²) in [5.41, 5.74) is 0.196. The van der Waals surface area contributed by atoms with Crippen molar-refractivity contribution in [2.75, 3.05) is 5.32 Å². The van der Waals surface area contributed by atoms with Crippen LogP contribution in [0.25, 0.3) is 5.65 Å². The summed E-state index contributed by atoms with van der Waals surface area (Å²) < 4.78 is 1.46. The fourth-order valence-electron chi connectivity index (χ4n) is 2.69. The zero-order valence-corrected chi connectivity index (χ0v) is 16.3. The number of nitrogens with zero attached hydrogens (tertiary/aromatic N) is 4. The van der Waals surface area contributed by atoms with E-state index in [9.17, 15) is 19.7 Å². The van der Waals surface area contributed by atoms with E-state index in [4.69, 9.17) is 11.6 Å². The number of nitrogens with one attached hydrogen (secondary N) is 2. The first kappa shape index (κ1) is 20.2. The minimum atomic E-state index is -0.893. The summed E-state index contributed by atoms with van der Waals surface area (Å²) in [6.07, 6.45) is 3.08. The molecule has 0 fully saturated rings. The van der Waals surface area contributed by atoms with Gasteiger partial charge in [0, 0.05) is 23.9 Å². The molecule has 0 spiro atoms. The van der Waals surface area contributed by atoms with Crippen molar-refractivity contribution in [1.29, 1.82) is 0 Å². The molecular formula is C18H17ClN6O4. The zero-order valence-electron chi connectivity index (χ0n) is 15.5. The van der Waals surface area contributed by atoms with Crippen LogP contribution >= 0.6 is 11.6 Å². The number of nitro groups is 1. The summed E-state index contributed by atoms with van der Waals surface area (Å²) in [5, 5.41) is 20.4. The Morgan fingerprint density at radius 2 is 1.97 bits per heavy atom. The lowest BCUT2D eigenvalue weighted by Gasteiger charge is -2.22. The molecule has 3 aromatic rings. The van der Waals surface area contributed by atoms with E-state index in [1.165, 1.54) is 22.8 Å². The molecule has 1 unspecified atom stereocenters. The Labute approximate surface area is 170 Å². The molecule has 10 nitrogen and oxygen atoms in total. The number of amides is 2. The van der Waals surface area contributed by atoms with E-state index >= 15 is 0 Å². The highest BCUT2D eigenvalue weighted by Gasteiger charge is 2.26. The van der Waals surface area contributed by atoms with Crippen molar-refractivity contribution < 1.29 is 14.5 Å². The standard InChI is InChI=1S/C18H17ClN6O4/c1-10(2)16(18(27)22-15-5-7-20-14-6-8-21-24(14)15)23-17(26)11-3-4-12(19)13(9-11)25(28)29/h3-10,16H,1-2H3,(H,22,27)(H,23,26). The molecule has 0 saturated carbocycles. The fraction of sp³-hybridized carbons (Fsp3) is 0.222. The van der Waals surface area contributed by atoms with Gasteiger partial charge in [-0.25, -0.2) is 4.98 Å². The van der Waals surface area contributed by atoms with Gasteiger partial charge in [-0.15, -0.1) is 0 Å². The molecule has 3 rings (SSSR count). The van der Waals surface area contributed by atoms with Crippen LogP contribution in [0, 0.1) is 16.0 Å². The van der Waals surface area contributed by atoms with Crippen LogP contribution in [0.15, 0.2) is 42.7 Å². The Balaban J connectivity index is 1.80. The molecule has 1 aromatic carbocycles. The second kappa shape index (κ2) is 8.23. The van der Waals surface area contributed by atoms with Gasteiger partial charge < -0.3 is 10.6 Å². The maximum atomic E-state index is 12.8. The van der Waals surface area contributed by atoms with Gasteiger partial charge in [-0.05, 0) is 24.1 Å². The normalized spacial score (nSPS) is 12.0. The average molecular weight is 417 g/mol. The molecule has 0 bridgehead atoms. The summed E-state index contributed by atoms with van der Waals surface area (Å²) in [6.45, 7) is 3.54. The Morgan fingerprint density at radius 1 is 1.21 bits per heavy atom. The first-order valence-electron chi connectivity index (χ1n) is 8.62. The quantitative estimate of drug-likeness (QED) is 0.469. The van der Waals surface area contributed by atoms with Gasteiger partial charge in [0.15, 0.2) is 5.65 Å². The summed E-state index contributed by atoms with van der Waals surface area (Å²) in [6, 6.07) is 6.07. The van der Waals surface area contributed by atoms with Crippen LogP contribution < -0.4 is 10.6 Å². The van der Waals surface area contributed by atoms with Crippen molar-refractivity contribution in [2.24, 2.45) is 5.92 Å². The second-order valence-electron chi connectivity index (χ2n) is 6.54. The molecule has 0 aliphatic heterocycles. The number of hydrogen-bond acceptors (Lipinski definition) is 6. The van der Waals surface area contributed by atoms with Crippen molar-refractivity contribution in [3.8, 4) is 0 Å². The van der Waals surface area contributed by atoms with Crippen molar-refractivity contribution >= 4 is 40.6 Å². The topological polar surface area (TPSA) is 132 Å². The van der Waals surface area contributed by atoms with Crippen molar-refractivity contribution in [3.05, 3.63) is 63.4 Å². The van der Waals surface area contributed by atoms with E-state index in [-0.39, 0.29) is 22.2 Å². The van der Waals surface area contributed by atoms with Gasteiger partial charge in [0.05, 0.1) is 11.1 Å². The molecule has 2 amide bonds. The highest BCUT2D eigenvalue weighted by Crippen LogP contribution is 2.25. The molecule has 150 valence electrons. The van der Waals surface area contributed by atoms with E-state index in [1.807, 2.05) is 0 Å². The Hall–Kier alpha value is -3.53. The monoisotopic (exact) mass is 416 g/mol. The molecule has 1 atom stereocenters. The van der Waals surface area contributed by atoms with Crippen LogP contribution in [0.2, 0.25) is 5.02 Å². The van der Waals surface area contributed by atoms with E-state index in [0.717, 1.165) is 6.07 Å². The average Bonchev–Trinajstić information content (AvgIpc) is 3.15. The van der Waals surface area contributed by atoms with E-state index in [0.29, 0.717) is 11.5 Å². The largest absolute Gasteiger partial charge is 0.340 e. The summed E-state index contributed by atoms with van der Waals surface area (Å²) in [7, 11) is 0. The van der Waals surface area contributed by atoms with Crippen molar-refractivity contribution in [3.63, 3.8) is 0 Å². The van der Waals surface area contributed by atoms with Gasteiger partial charge in [0.25, 0.3) is 11.6 Å². The van der Waals surface area contributed by atoms with Crippen molar-refractivity contribution in [2.45, 2.75) is 19.9 Å². The van der Waals surface area contributed by atoms with Crippen LogP contribution in [0.4, 0.5) is 11.5 Å². The molecule has 2 heterocycles. The van der Waals surface area contributed by atoms with Gasteiger partial charge in [-0.3, -0.25) is 19.7 Å². The summed E-state index contributed by atoms with van der Waals surface area (Å²) in [4.78, 5) is 39.9. The van der Waals surface area contributed by atoms with Gasteiger partial charge in [0.1, 0.15) is 16.9 Å². The number of carbonyl (C=O) groups excluding carboxylic acids is 2. The van der Waals surface area contributed by atoms with Gasteiger partial charge in [0.2, 0.25) is 5.91 Å². The Morgan fingerprint density at radius 3 is 2.66 bits per heavy atom. The van der Waals surface area contributed by atoms with Crippen LogP contribution in [0.3, 0.4) is 0 Å². The van der Waals surface area contributed by atoms with Gasteiger partial charge >= 0.3 is 0 Å². The molecule has 0 aliphatic carbocycles. The Kier molecular flexibility index (Phi) is 5.74. The van der Waals surface area contributed by atoms with Crippen LogP contribution in [-0.2, 0) is 4.79 Å². The minimum absolute atomic E-state index is 0.0259. The lowest BCUT2D eigenvalue weighted by Crippen LogP contribution is -2.47. The lowest BCUT2D eigenvalue weighted by molar-refractivity contribution is -0.384. The van der Waals surface area contributed by atoms with Gasteiger partial charge in [-0.1, -0.05) is 25.4 Å². The predicted molar refractivity (Wildman–Crippen MR) is 106 cm³/mol. The van der Waals surface area contributed by atoms with Crippen LogP contribution in [0.5, 0.6) is 0 Å². The Bertz CT molecular complexity index is 1100. The molecule has 2 aromatic heterocycles. The maximum Gasteiger partial charge on any atom is 0.288 e. The molecule has 0 radical (unpaired) electrons. The summed E-state index contributed by atoms with van der Waals surface area (Å²) in [5.74, 6) is -0.944. The molecule has 29 heavy (non-hydrogen) atoms. The van der Waals surface area contributed by atoms with Gasteiger partial charge in [-0.2, -0.15) is 9.61 Å². The molecule has 0 saturated heterocycles. The first-order chi connectivity index (χ1) is 13.8. The number of fused-ring (bicyclic) bond motifs is 1. The summed E-state index contributed by atoms with van der Waals surface area (Å²) >= 11 is 5.78. The number of anilines is 1. The second-order valence-corrected chi connectivity index (χ2v) is 6.95. The molecular weight excluding hydrogens is 400 g/mol. The molecule has 11 heteroatoms. The third-order valence-electron chi connectivity index (χ3n) is 4.18. The zero-order chi connectivity index (χ0) is 21.1. The number of aromatic nitrogens is 3. The first-order valence-corrected chi connectivity index (χ1v) is 9.00. The lowest BCUT2D eigenvalue weighted by atomic mass is 10.0. The fourth-order valence-corrected chi connectivity index (χ4v) is 2.87. The molecule has 0 aliphatic rings. The minimum Gasteiger partial charge on any atom is -0.340 e. The third-order valence-corrected chi connectivity index (χ3v) is 4.50. The number of hydrogen-bond donors (Lipinski definition) is 2. The van der Waals surface area contributed by atoms with Crippen LogP contribution in [-0.4, -0.2) is 37.4 Å². The smallest absolute Gasteiger partial charge is 0.288 e. The molecule has 2 N–H and O–H groups in total. The maximum absolute atomic E-state index is 12.8. The highest BCUT2D eigenvalue weighted by molar-refractivity contribution is 6.32. The van der Waals surface area contributed by atoms with E-state index in [1.54, 1.807) is 32.2 Å². The third kappa shape index (κ3) is 4.32. The SMILES string of the molecule is CC(C)C(NC(=O)c1ccc(Cl)c([N+](=O)[O-])c1)C(=O)Nc1ccnc2ccnn12. The highest BCUT2D eigenvalue weighted by atomic mass is 35.5.